The molecule has 0 aromatic heterocycles. The Morgan fingerprint density at radius 3 is 2.41 bits per heavy atom. The quantitative estimate of drug-likeness (QED) is 0.432. The zero-order valence-corrected chi connectivity index (χ0v) is 16.8. The van der Waals surface area contributed by atoms with E-state index in [2.05, 4.69) is 0 Å². The van der Waals surface area contributed by atoms with E-state index in [4.69, 9.17) is 26.3 Å². The molecule has 2 aromatic carbocycles. The Kier molecular flexibility index (Phi) is 7.48. The standard InChI is InChI=1S/C21H26ClNO6/c1-2-28-15-6-3-12(4-7-15)9-14-10-13(5-8-16(14)22)21-20(26)19(25)18(24)17(29-21)11-23-27/h3-8,10,17-21,23-27H,2,9,11H2,1H3/t17-,18-,19+,20-,21+/m1/s1. The molecule has 1 heterocycles. The van der Waals surface area contributed by atoms with Crippen LogP contribution in [0.15, 0.2) is 42.5 Å². The van der Waals surface area contributed by atoms with Crippen molar-refractivity contribution in [1.29, 1.82) is 0 Å². The van der Waals surface area contributed by atoms with Gasteiger partial charge in [-0.15, -0.1) is 0 Å². The third kappa shape index (κ3) is 5.07. The average molecular weight is 424 g/mol. The summed E-state index contributed by atoms with van der Waals surface area (Å²) in [4.78, 5) is 0. The number of benzene rings is 2. The normalized spacial score (nSPS) is 27.0. The molecule has 1 fully saturated rings. The highest BCUT2D eigenvalue weighted by Crippen LogP contribution is 2.34. The van der Waals surface area contributed by atoms with E-state index in [1.165, 1.54) is 0 Å². The van der Waals surface area contributed by atoms with E-state index in [1.54, 1.807) is 12.1 Å². The van der Waals surface area contributed by atoms with Gasteiger partial charge < -0.3 is 30.0 Å². The first-order valence-corrected chi connectivity index (χ1v) is 9.89. The van der Waals surface area contributed by atoms with Crippen molar-refractivity contribution >= 4 is 11.6 Å². The molecule has 0 amide bonds. The minimum atomic E-state index is -1.41. The second-order valence-electron chi connectivity index (χ2n) is 7.03. The largest absolute Gasteiger partial charge is 0.494 e. The smallest absolute Gasteiger partial charge is 0.119 e. The Hall–Kier alpha value is -1.71. The molecule has 1 saturated heterocycles. The molecule has 7 nitrogen and oxygen atoms in total. The lowest BCUT2D eigenvalue weighted by Gasteiger charge is -2.40. The highest BCUT2D eigenvalue weighted by Gasteiger charge is 2.44. The number of hydroxylamine groups is 1. The van der Waals surface area contributed by atoms with E-state index in [1.807, 2.05) is 42.7 Å². The van der Waals surface area contributed by atoms with Crippen molar-refractivity contribution in [3.63, 3.8) is 0 Å². The van der Waals surface area contributed by atoms with Gasteiger partial charge in [-0.25, -0.2) is 5.48 Å². The first kappa shape index (κ1) is 22.0. The molecule has 0 bridgehead atoms. The molecule has 1 aliphatic heterocycles. The van der Waals surface area contributed by atoms with Crippen molar-refractivity contribution < 1.29 is 30.0 Å². The van der Waals surface area contributed by atoms with Crippen LogP contribution in [0, 0.1) is 0 Å². The van der Waals surface area contributed by atoms with Crippen molar-refractivity contribution in [2.75, 3.05) is 13.2 Å². The number of nitrogens with one attached hydrogen (secondary N) is 1. The Balaban J connectivity index is 1.82. The molecule has 8 heteroatoms. The number of rotatable bonds is 7. The molecule has 0 unspecified atom stereocenters. The molecule has 3 rings (SSSR count). The highest BCUT2D eigenvalue weighted by atomic mass is 35.5. The molecular formula is C21H26ClNO6. The molecule has 0 saturated carbocycles. The highest BCUT2D eigenvalue weighted by molar-refractivity contribution is 6.31. The predicted molar refractivity (Wildman–Crippen MR) is 107 cm³/mol. The Bertz CT molecular complexity index is 802. The van der Waals surface area contributed by atoms with Gasteiger partial charge in [-0.2, -0.15) is 0 Å². The molecule has 0 aliphatic carbocycles. The molecule has 1 aliphatic rings. The maximum atomic E-state index is 10.4. The van der Waals surface area contributed by atoms with Gasteiger partial charge in [-0.1, -0.05) is 35.9 Å². The summed E-state index contributed by atoms with van der Waals surface area (Å²) in [5.41, 5.74) is 4.43. The SMILES string of the molecule is CCOc1ccc(Cc2cc([C@@H]3O[C@H](CNO)[C@@H](O)[C@H](O)[C@H]3O)ccc2Cl)cc1. The van der Waals surface area contributed by atoms with Gasteiger partial charge in [-0.05, 0) is 48.2 Å². The summed E-state index contributed by atoms with van der Waals surface area (Å²) in [6.07, 6.45) is -5.24. The van der Waals surface area contributed by atoms with Crippen LogP contribution >= 0.6 is 11.6 Å². The third-order valence-corrected chi connectivity index (χ3v) is 5.40. The van der Waals surface area contributed by atoms with Crippen LogP contribution in [-0.4, -0.2) is 58.1 Å². The van der Waals surface area contributed by atoms with E-state index >= 15 is 0 Å². The summed E-state index contributed by atoms with van der Waals surface area (Å²) < 4.78 is 11.2. The van der Waals surface area contributed by atoms with Crippen molar-refractivity contribution in [2.24, 2.45) is 0 Å². The summed E-state index contributed by atoms with van der Waals surface area (Å²) in [7, 11) is 0. The fourth-order valence-electron chi connectivity index (χ4n) is 3.48. The minimum Gasteiger partial charge on any atom is -0.494 e. The van der Waals surface area contributed by atoms with Gasteiger partial charge in [0, 0.05) is 11.6 Å². The molecule has 158 valence electrons. The lowest BCUT2D eigenvalue weighted by molar-refractivity contribution is -0.226. The predicted octanol–water partition coefficient (Wildman–Crippen LogP) is 1.83. The number of aliphatic hydroxyl groups excluding tert-OH is 3. The lowest BCUT2D eigenvalue weighted by atomic mass is 9.90. The Morgan fingerprint density at radius 1 is 1.03 bits per heavy atom. The number of ether oxygens (including phenoxy) is 2. The van der Waals surface area contributed by atoms with Crippen LogP contribution in [-0.2, 0) is 11.2 Å². The second-order valence-corrected chi connectivity index (χ2v) is 7.44. The zero-order chi connectivity index (χ0) is 21.0. The van der Waals surface area contributed by atoms with Crippen LogP contribution in [0.1, 0.15) is 29.7 Å². The molecule has 5 N–H and O–H groups in total. The molecule has 2 aromatic rings. The molecule has 0 spiro atoms. The summed E-state index contributed by atoms with van der Waals surface area (Å²) >= 11 is 6.37. The first-order chi connectivity index (χ1) is 13.9. The fraction of sp³-hybridized carbons (Fsp3) is 0.429. The van der Waals surface area contributed by atoms with Crippen molar-refractivity contribution in [3.05, 3.63) is 64.2 Å². The summed E-state index contributed by atoms with van der Waals surface area (Å²) in [5.74, 6) is 0.797. The van der Waals surface area contributed by atoms with Crippen LogP contribution in [0.2, 0.25) is 5.02 Å². The van der Waals surface area contributed by atoms with Gasteiger partial charge in [0.1, 0.15) is 36.3 Å². The van der Waals surface area contributed by atoms with Gasteiger partial charge in [0.25, 0.3) is 0 Å². The van der Waals surface area contributed by atoms with Gasteiger partial charge in [0.2, 0.25) is 0 Å². The van der Waals surface area contributed by atoms with Crippen molar-refractivity contribution in [2.45, 2.75) is 43.9 Å². The van der Waals surface area contributed by atoms with Crippen LogP contribution in [0.5, 0.6) is 5.75 Å². The van der Waals surface area contributed by atoms with E-state index < -0.39 is 30.5 Å². The summed E-state index contributed by atoms with van der Waals surface area (Å²) in [5, 5.41) is 40.1. The fourth-order valence-corrected chi connectivity index (χ4v) is 3.67. The number of halogens is 1. The molecule has 5 atom stereocenters. The van der Waals surface area contributed by atoms with Gasteiger partial charge >= 0.3 is 0 Å². The zero-order valence-electron chi connectivity index (χ0n) is 16.0. The van der Waals surface area contributed by atoms with Crippen LogP contribution < -0.4 is 10.2 Å². The average Bonchev–Trinajstić information content (AvgIpc) is 2.72. The van der Waals surface area contributed by atoms with Crippen LogP contribution in [0.25, 0.3) is 0 Å². The maximum Gasteiger partial charge on any atom is 0.119 e. The van der Waals surface area contributed by atoms with E-state index in [0.717, 1.165) is 16.9 Å². The van der Waals surface area contributed by atoms with Gasteiger partial charge in [-0.3, -0.25) is 0 Å². The third-order valence-electron chi connectivity index (χ3n) is 5.03. The number of hydrogen-bond acceptors (Lipinski definition) is 7. The second kappa shape index (κ2) is 9.86. The van der Waals surface area contributed by atoms with Gasteiger partial charge in [0.05, 0.1) is 6.61 Å². The van der Waals surface area contributed by atoms with Gasteiger partial charge in [0.15, 0.2) is 0 Å². The Labute approximate surface area is 174 Å². The minimum absolute atomic E-state index is 0.0892. The number of hydrogen-bond donors (Lipinski definition) is 5. The first-order valence-electron chi connectivity index (χ1n) is 9.51. The van der Waals surface area contributed by atoms with Crippen LogP contribution in [0.3, 0.4) is 0 Å². The van der Waals surface area contributed by atoms with E-state index in [-0.39, 0.29) is 6.54 Å². The van der Waals surface area contributed by atoms with Crippen molar-refractivity contribution in [1.82, 2.24) is 5.48 Å². The van der Waals surface area contributed by atoms with E-state index in [9.17, 15) is 15.3 Å². The lowest BCUT2D eigenvalue weighted by Crippen LogP contribution is -2.56. The molecular weight excluding hydrogens is 398 g/mol. The maximum absolute atomic E-state index is 10.4. The topological polar surface area (TPSA) is 111 Å². The van der Waals surface area contributed by atoms with Crippen LogP contribution in [0.4, 0.5) is 0 Å². The van der Waals surface area contributed by atoms with Crippen molar-refractivity contribution in [3.8, 4) is 5.75 Å². The summed E-state index contributed by atoms with van der Waals surface area (Å²) in [6, 6.07) is 13.0. The monoisotopic (exact) mass is 423 g/mol. The molecule has 0 radical (unpaired) electrons. The molecule has 29 heavy (non-hydrogen) atoms. The van der Waals surface area contributed by atoms with E-state index in [0.29, 0.717) is 23.6 Å². The number of aliphatic hydroxyl groups is 3. The summed E-state index contributed by atoms with van der Waals surface area (Å²) in [6.45, 7) is 2.44. The Morgan fingerprint density at radius 2 is 1.76 bits per heavy atom.